The number of ether oxygens (including phenoxy) is 1. The van der Waals surface area contributed by atoms with Crippen LogP contribution in [0.5, 0.6) is 5.75 Å². The maximum Gasteiger partial charge on any atom is 0.119 e. The van der Waals surface area contributed by atoms with Gasteiger partial charge in [-0.25, -0.2) is 0 Å². The predicted molar refractivity (Wildman–Crippen MR) is 67.2 cm³/mol. The zero-order valence-corrected chi connectivity index (χ0v) is 10.4. The smallest absolute Gasteiger partial charge is 0.119 e. The monoisotopic (exact) mass is 242 g/mol. The number of aryl methyl sites for hydroxylation is 1. The largest absolute Gasteiger partial charge is 0.497 e. The van der Waals surface area contributed by atoms with E-state index in [1.54, 1.807) is 19.2 Å². The van der Waals surface area contributed by atoms with Crippen LogP contribution in [0.2, 0.25) is 0 Å². The minimum atomic E-state index is -0.863. The van der Waals surface area contributed by atoms with Crippen molar-refractivity contribution in [3.63, 3.8) is 0 Å². The van der Waals surface area contributed by atoms with Gasteiger partial charge >= 0.3 is 0 Å². The molecule has 0 aliphatic rings. The third-order valence-corrected chi connectivity index (χ3v) is 2.84. The maximum absolute atomic E-state index is 9.94. The van der Waals surface area contributed by atoms with Gasteiger partial charge in [0, 0.05) is 0 Å². The molecule has 1 aromatic rings. The topological polar surface area (TPSA) is 49.7 Å². The molecule has 0 aliphatic heterocycles. The molecule has 1 aromatic carbocycles. The Bertz CT molecular complexity index is 341. The first-order valence-electron chi connectivity index (χ1n) is 5.21. The average molecular weight is 242 g/mol. The highest BCUT2D eigenvalue weighted by Gasteiger charge is 2.19. The van der Waals surface area contributed by atoms with Gasteiger partial charge in [0.15, 0.2) is 0 Å². The van der Waals surface area contributed by atoms with E-state index in [1.165, 1.54) is 0 Å². The van der Waals surface area contributed by atoms with Crippen molar-refractivity contribution >= 4 is 12.6 Å². The van der Waals surface area contributed by atoms with Crippen molar-refractivity contribution in [2.45, 2.75) is 25.6 Å². The molecule has 4 heteroatoms. The van der Waals surface area contributed by atoms with E-state index in [1.807, 2.05) is 13.0 Å². The first-order chi connectivity index (χ1) is 7.60. The molecule has 16 heavy (non-hydrogen) atoms. The van der Waals surface area contributed by atoms with Gasteiger partial charge in [0.2, 0.25) is 0 Å². The summed E-state index contributed by atoms with van der Waals surface area (Å²) in [5.41, 5.74) is 1.64. The number of hydrogen-bond donors (Lipinski definition) is 3. The summed E-state index contributed by atoms with van der Waals surface area (Å²) in [6, 6.07) is 5.39. The zero-order valence-electron chi connectivity index (χ0n) is 9.55. The van der Waals surface area contributed by atoms with E-state index in [9.17, 15) is 10.2 Å². The molecule has 0 radical (unpaired) electrons. The van der Waals surface area contributed by atoms with Crippen LogP contribution < -0.4 is 4.74 Å². The molecule has 2 atom stereocenters. The van der Waals surface area contributed by atoms with Gasteiger partial charge in [0.05, 0.1) is 13.2 Å². The number of rotatable bonds is 5. The van der Waals surface area contributed by atoms with Crippen molar-refractivity contribution < 1.29 is 14.9 Å². The molecule has 1 rings (SSSR count). The molecular weight excluding hydrogens is 224 g/mol. The predicted octanol–water partition coefficient (Wildman–Crippen LogP) is 1.72. The lowest BCUT2D eigenvalue weighted by Crippen LogP contribution is -2.19. The van der Waals surface area contributed by atoms with Crippen molar-refractivity contribution in [2.24, 2.45) is 0 Å². The Balaban J connectivity index is 2.87. The van der Waals surface area contributed by atoms with Gasteiger partial charge in [-0.15, -0.1) is 0 Å². The lowest BCUT2D eigenvalue weighted by atomic mass is 9.98. The van der Waals surface area contributed by atoms with E-state index in [2.05, 4.69) is 12.6 Å². The molecule has 0 saturated heterocycles. The highest BCUT2D eigenvalue weighted by molar-refractivity contribution is 7.80. The summed E-state index contributed by atoms with van der Waals surface area (Å²) in [5, 5.41) is 19.6. The minimum Gasteiger partial charge on any atom is -0.497 e. The van der Waals surface area contributed by atoms with Crippen LogP contribution in [0.4, 0.5) is 0 Å². The van der Waals surface area contributed by atoms with E-state index in [4.69, 9.17) is 4.74 Å². The van der Waals surface area contributed by atoms with Crippen LogP contribution >= 0.6 is 12.6 Å². The minimum absolute atomic E-state index is 0.468. The summed E-state index contributed by atoms with van der Waals surface area (Å²) >= 11 is 4.03. The van der Waals surface area contributed by atoms with Crippen LogP contribution in [0.3, 0.4) is 0 Å². The molecule has 0 amide bonds. The van der Waals surface area contributed by atoms with E-state index in [-0.39, 0.29) is 0 Å². The van der Waals surface area contributed by atoms with Crippen LogP contribution in [0.15, 0.2) is 18.2 Å². The molecule has 0 bridgehead atoms. The third-order valence-electron chi connectivity index (χ3n) is 2.58. The Morgan fingerprint density at radius 2 is 2.06 bits per heavy atom. The first kappa shape index (κ1) is 13.4. The third kappa shape index (κ3) is 3.14. The number of aliphatic hydroxyl groups excluding tert-OH is 2. The molecule has 0 heterocycles. The number of methoxy groups -OCH3 is 1. The van der Waals surface area contributed by atoms with Crippen molar-refractivity contribution in [1.82, 2.24) is 0 Å². The Kier molecular flexibility index (Phi) is 5.12. The first-order valence-corrected chi connectivity index (χ1v) is 5.85. The molecule has 0 fully saturated rings. The number of thiol groups is 1. The molecule has 2 N–H and O–H groups in total. The number of aliphatic hydroxyl groups is 2. The zero-order chi connectivity index (χ0) is 12.1. The molecule has 2 unspecified atom stereocenters. The summed E-state index contributed by atoms with van der Waals surface area (Å²) in [5.74, 6) is 1.30. The van der Waals surface area contributed by atoms with Gasteiger partial charge in [-0.05, 0) is 42.4 Å². The Labute approximate surface area is 101 Å². The molecule has 0 aliphatic carbocycles. The second-order valence-corrected chi connectivity index (χ2v) is 4.19. The molecule has 0 aromatic heterocycles. The summed E-state index contributed by atoms with van der Waals surface area (Å²) < 4.78 is 5.08. The number of benzene rings is 1. The molecule has 0 spiro atoms. The van der Waals surface area contributed by atoms with Gasteiger partial charge in [-0.1, -0.05) is 6.07 Å². The Morgan fingerprint density at radius 3 is 2.56 bits per heavy atom. The van der Waals surface area contributed by atoms with E-state index < -0.39 is 12.2 Å². The Morgan fingerprint density at radius 1 is 1.38 bits per heavy atom. The highest BCUT2D eigenvalue weighted by atomic mass is 32.1. The summed E-state index contributed by atoms with van der Waals surface area (Å²) in [4.78, 5) is 0. The van der Waals surface area contributed by atoms with Crippen molar-refractivity contribution in [3.8, 4) is 5.75 Å². The van der Waals surface area contributed by atoms with E-state index in [0.717, 1.165) is 16.9 Å². The summed E-state index contributed by atoms with van der Waals surface area (Å²) in [7, 11) is 1.60. The highest BCUT2D eigenvalue weighted by Crippen LogP contribution is 2.25. The quantitative estimate of drug-likeness (QED) is 0.689. The summed E-state index contributed by atoms with van der Waals surface area (Å²) in [6.45, 7) is 1.88. The second-order valence-electron chi connectivity index (χ2n) is 3.75. The lowest BCUT2D eigenvalue weighted by Gasteiger charge is -2.19. The van der Waals surface area contributed by atoms with Crippen LogP contribution in [0.25, 0.3) is 0 Å². The van der Waals surface area contributed by atoms with Crippen LogP contribution in [0.1, 0.15) is 23.7 Å². The van der Waals surface area contributed by atoms with Crippen molar-refractivity contribution in [3.05, 3.63) is 29.3 Å². The molecular formula is C12H18O3S. The summed E-state index contributed by atoms with van der Waals surface area (Å²) in [6.07, 6.45) is -1.17. The number of hydrogen-bond acceptors (Lipinski definition) is 4. The van der Waals surface area contributed by atoms with Crippen LogP contribution in [-0.2, 0) is 0 Å². The standard InChI is InChI=1S/C12H18O3S/c1-8-7-9(15-2)3-4-10(8)12(14)11(13)5-6-16/h3-4,7,11-14,16H,5-6H2,1-2H3. The molecule has 0 saturated carbocycles. The fourth-order valence-corrected chi connectivity index (χ4v) is 1.87. The van der Waals surface area contributed by atoms with Gasteiger partial charge in [-0.3, -0.25) is 0 Å². The second kappa shape index (κ2) is 6.13. The maximum atomic E-state index is 9.94. The normalized spacial score (nSPS) is 14.6. The van der Waals surface area contributed by atoms with Gasteiger partial charge in [0.1, 0.15) is 11.9 Å². The van der Waals surface area contributed by atoms with Gasteiger partial charge < -0.3 is 14.9 Å². The SMILES string of the molecule is COc1ccc(C(O)C(O)CCS)c(C)c1. The molecule has 90 valence electrons. The Hall–Kier alpha value is -0.710. The van der Waals surface area contributed by atoms with Crippen molar-refractivity contribution in [2.75, 3.05) is 12.9 Å². The average Bonchev–Trinajstić information content (AvgIpc) is 2.28. The fourth-order valence-electron chi connectivity index (χ4n) is 1.60. The van der Waals surface area contributed by atoms with Crippen LogP contribution in [0, 0.1) is 6.92 Å². The van der Waals surface area contributed by atoms with Gasteiger partial charge in [-0.2, -0.15) is 12.6 Å². The van der Waals surface area contributed by atoms with E-state index >= 15 is 0 Å². The van der Waals surface area contributed by atoms with Crippen LogP contribution in [-0.4, -0.2) is 29.2 Å². The van der Waals surface area contributed by atoms with E-state index in [0.29, 0.717) is 12.2 Å². The van der Waals surface area contributed by atoms with Crippen molar-refractivity contribution in [1.29, 1.82) is 0 Å². The molecule has 3 nitrogen and oxygen atoms in total. The lowest BCUT2D eigenvalue weighted by molar-refractivity contribution is 0.0168. The fraction of sp³-hybridized carbons (Fsp3) is 0.500. The van der Waals surface area contributed by atoms with Gasteiger partial charge in [0.25, 0.3) is 0 Å².